The first kappa shape index (κ1) is 14.6. The van der Waals surface area contributed by atoms with E-state index in [4.69, 9.17) is 0 Å². The molecule has 5 heteroatoms. The molecule has 0 spiro atoms. The first-order valence-corrected chi connectivity index (χ1v) is 7.85. The highest BCUT2D eigenvalue weighted by molar-refractivity contribution is 9.10. The van der Waals surface area contributed by atoms with Crippen LogP contribution < -0.4 is 5.32 Å². The SMILES string of the molecule is CCCNCc1sc(-c2cc(Br)ccc2F)nc1C. The van der Waals surface area contributed by atoms with E-state index >= 15 is 0 Å². The minimum atomic E-state index is -0.231. The van der Waals surface area contributed by atoms with Crippen molar-refractivity contribution in [3.63, 3.8) is 0 Å². The van der Waals surface area contributed by atoms with E-state index in [-0.39, 0.29) is 5.82 Å². The smallest absolute Gasteiger partial charge is 0.133 e. The average Bonchev–Trinajstić information content (AvgIpc) is 2.74. The van der Waals surface area contributed by atoms with Crippen molar-refractivity contribution in [3.8, 4) is 10.6 Å². The van der Waals surface area contributed by atoms with Crippen molar-refractivity contribution in [1.29, 1.82) is 0 Å². The predicted octanol–water partition coefficient (Wildman–Crippen LogP) is 4.52. The van der Waals surface area contributed by atoms with Crippen LogP contribution in [0.5, 0.6) is 0 Å². The Morgan fingerprint density at radius 1 is 1.42 bits per heavy atom. The number of benzene rings is 1. The molecule has 102 valence electrons. The van der Waals surface area contributed by atoms with Crippen molar-refractivity contribution in [1.82, 2.24) is 10.3 Å². The van der Waals surface area contributed by atoms with E-state index in [1.165, 1.54) is 10.9 Å². The van der Waals surface area contributed by atoms with Crippen molar-refractivity contribution >= 4 is 27.3 Å². The fourth-order valence-corrected chi connectivity index (χ4v) is 3.16. The summed E-state index contributed by atoms with van der Waals surface area (Å²) in [5.41, 5.74) is 1.53. The Kier molecular flexibility index (Phi) is 5.07. The lowest BCUT2D eigenvalue weighted by atomic mass is 10.2. The van der Waals surface area contributed by atoms with Crippen LogP contribution in [-0.2, 0) is 6.54 Å². The van der Waals surface area contributed by atoms with Gasteiger partial charge in [-0.15, -0.1) is 11.3 Å². The first-order valence-electron chi connectivity index (χ1n) is 6.24. The van der Waals surface area contributed by atoms with Crippen molar-refractivity contribution in [2.75, 3.05) is 6.54 Å². The number of aryl methyl sites for hydroxylation is 1. The fraction of sp³-hybridized carbons (Fsp3) is 0.357. The second-order valence-corrected chi connectivity index (χ2v) is 6.33. The molecule has 0 fully saturated rings. The van der Waals surface area contributed by atoms with Gasteiger partial charge < -0.3 is 5.32 Å². The minimum Gasteiger partial charge on any atom is -0.312 e. The van der Waals surface area contributed by atoms with Gasteiger partial charge in [0.1, 0.15) is 10.8 Å². The monoisotopic (exact) mass is 342 g/mol. The first-order chi connectivity index (χ1) is 9.11. The van der Waals surface area contributed by atoms with Crippen LogP contribution in [0.3, 0.4) is 0 Å². The number of aromatic nitrogens is 1. The van der Waals surface area contributed by atoms with E-state index in [9.17, 15) is 4.39 Å². The lowest BCUT2D eigenvalue weighted by Crippen LogP contribution is -2.13. The number of thiazole rings is 1. The maximum absolute atomic E-state index is 13.8. The molecular formula is C14H16BrFN2S. The van der Waals surface area contributed by atoms with Gasteiger partial charge >= 0.3 is 0 Å². The molecule has 0 amide bonds. The van der Waals surface area contributed by atoms with Gasteiger partial charge in [0.2, 0.25) is 0 Å². The van der Waals surface area contributed by atoms with Crippen molar-refractivity contribution in [2.24, 2.45) is 0 Å². The molecule has 0 unspecified atom stereocenters. The maximum Gasteiger partial charge on any atom is 0.133 e. The minimum absolute atomic E-state index is 0.231. The second kappa shape index (κ2) is 6.59. The van der Waals surface area contributed by atoms with E-state index in [1.807, 2.05) is 6.92 Å². The van der Waals surface area contributed by atoms with E-state index in [0.29, 0.717) is 5.56 Å². The van der Waals surface area contributed by atoms with Crippen molar-refractivity contribution < 1.29 is 4.39 Å². The molecule has 1 aromatic carbocycles. The van der Waals surface area contributed by atoms with Crippen LogP contribution in [0, 0.1) is 12.7 Å². The van der Waals surface area contributed by atoms with Gasteiger partial charge in [0.25, 0.3) is 0 Å². The summed E-state index contributed by atoms with van der Waals surface area (Å²) in [6, 6.07) is 4.94. The normalized spacial score (nSPS) is 10.9. The lowest BCUT2D eigenvalue weighted by molar-refractivity contribution is 0.631. The predicted molar refractivity (Wildman–Crippen MR) is 81.9 cm³/mol. The summed E-state index contributed by atoms with van der Waals surface area (Å²) in [6.07, 6.45) is 1.10. The van der Waals surface area contributed by atoms with E-state index in [2.05, 4.69) is 33.2 Å². The molecule has 2 aromatic rings. The molecule has 0 aliphatic carbocycles. The summed E-state index contributed by atoms with van der Waals surface area (Å²) in [6.45, 7) is 5.89. The van der Waals surface area contributed by atoms with E-state index in [1.54, 1.807) is 23.5 Å². The van der Waals surface area contributed by atoms with Crippen LogP contribution in [0.15, 0.2) is 22.7 Å². The topological polar surface area (TPSA) is 24.9 Å². The van der Waals surface area contributed by atoms with Gasteiger partial charge in [0.05, 0.1) is 5.69 Å². The largest absolute Gasteiger partial charge is 0.312 e. The summed E-state index contributed by atoms with van der Waals surface area (Å²) in [4.78, 5) is 5.65. The Morgan fingerprint density at radius 2 is 2.21 bits per heavy atom. The van der Waals surface area contributed by atoms with Crippen LogP contribution in [-0.4, -0.2) is 11.5 Å². The van der Waals surface area contributed by atoms with E-state index in [0.717, 1.165) is 34.7 Å². The summed E-state index contributed by atoms with van der Waals surface area (Å²) in [7, 11) is 0. The molecule has 0 bridgehead atoms. The Hall–Kier alpha value is -0.780. The van der Waals surface area contributed by atoms with Gasteiger partial charge in [-0.05, 0) is 38.1 Å². The summed E-state index contributed by atoms with van der Waals surface area (Å²) in [5, 5.41) is 4.09. The number of nitrogens with one attached hydrogen (secondary N) is 1. The third-order valence-corrected chi connectivity index (χ3v) is 4.45. The molecule has 0 radical (unpaired) electrons. The van der Waals surface area contributed by atoms with Gasteiger partial charge in [0.15, 0.2) is 0 Å². The summed E-state index contributed by atoms with van der Waals surface area (Å²) < 4.78 is 14.7. The van der Waals surface area contributed by atoms with E-state index < -0.39 is 0 Å². The molecule has 2 rings (SSSR count). The van der Waals surface area contributed by atoms with Crippen LogP contribution >= 0.6 is 27.3 Å². The number of rotatable bonds is 5. The number of hydrogen-bond acceptors (Lipinski definition) is 3. The van der Waals surface area contributed by atoms with Gasteiger partial charge in [-0.3, -0.25) is 0 Å². The maximum atomic E-state index is 13.8. The van der Waals surface area contributed by atoms with Gasteiger partial charge in [-0.2, -0.15) is 0 Å². The van der Waals surface area contributed by atoms with Gasteiger partial charge in [-0.1, -0.05) is 22.9 Å². The van der Waals surface area contributed by atoms with Gasteiger partial charge in [0, 0.05) is 21.5 Å². The highest BCUT2D eigenvalue weighted by atomic mass is 79.9. The number of nitrogens with zero attached hydrogens (tertiary/aromatic N) is 1. The quantitative estimate of drug-likeness (QED) is 0.808. The molecule has 0 saturated heterocycles. The average molecular weight is 343 g/mol. The van der Waals surface area contributed by atoms with Crippen LogP contribution in [0.4, 0.5) is 4.39 Å². The van der Waals surface area contributed by atoms with Crippen LogP contribution in [0.2, 0.25) is 0 Å². The summed E-state index contributed by atoms with van der Waals surface area (Å²) in [5.74, 6) is -0.231. The zero-order chi connectivity index (χ0) is 13.8. The third kappa shape index (κ3) is 3.61. The number of hydrogen-bond donors (Lipinski definition) is 1. The zero-order valence-electron chi connectivity index (χ0n) is 11.0. The Labute approximate surface area is 125 Å². The molecule has 0 saturated carbocycles. The molecule has 0 aliphatic heterocycles. The highest BCUT2D eigenvalue weighted by Crippen LogP contribution is 2.31. The summed E-state index contributed by atoms with van der Waals surface area (Å²) >= 11 is 4.92. The standard InChI is InChI=1S/C14H16BrFN2S/c1-3-6-17-8-13-9(2)18-14(19-13)11-7-10(15)4-5-12(11)16/h4-5,7,17H,3,6,8H2,1-2H3. The Morgan fingerprint density at radius 3 is 2.95 bits per heavy atom. The van der Waals surface area contributed by atoms with Crippen molar-refractivity contribution in [2.45, 2.75) is 26.8 Å². The number of halogens is 2. The van der Waals surface area contributed by atoms with Crippen molar-refractivity contribution in [3.05, 3.63) is 39.1 Å². The fourth-order valence-electron chi connectivity index (χ4n) is 1.75. The molecule has 1 N–H and O–H groups in total. The molecule has 1 heterocycles. The van der Waals surface area contributed by atoms with Crippen LogP contribution in [0.25, 0.3) is 10.6 Å². The second-order valence-electron chi connectivity index (χ2n) is 4.33. The third-order valence-electron chi connectivity index (χ3n) is 2.76. The molecule has 1 aromatic heterocycles. The molecule has 2 nitrogen and oxygen atoms in total. The Balaban J connectivity index is 2.26. The highest BCUT2D eigenvalue weighted by Gasteiger charge is 2.13. The van der Waals surface area contributed by atoms with Crippen LogP contribution in [0.1, 0.15) is 23.9 Å². The lowest BCUT2D eigenvalue weighted by Gasteiger charge is -2.00. The van der Waals surface area contributed by atoms with Gasteiger partial charge in [-0.25, -0.2) is 9.37 Å². The Bertz CT molecular complexity index is 569. The molecule has 19 heavy (non-hydrogen) atoms. The molecular weight excluding hydrogens is 327 g/mol. The molecule has 0 aliphatic rings. The molecule has 0 atom stereocenters. The zero-order valence-corrected chi connectivity index (χ0v) is 13.4.